The van der Waals surface area contributed by atoms with Crippen molar-refractivity contribution in [3.8, 4) is 0 Å². The third-order valence-corrected chi connectivity index (χ3v) is 1.97. The van der Waals surface area contributed by atoms with Crippen LogP contribution < -0.4 is 5.73 Å². The van der Waals surface area contributed by atoms with Crippen molar-refractivity contribution in [2.75, 3.05) is 19.6 Å². The molecular weight excluding hydrogens is 187 g/mol. The van der Waals surface area contributed by atoms with E-state index in [2.05, 4.69) is 0 Å². The van der Waals surface area contributed by atoms with Gasteiger partial charge in [0.05, 0.1) is 13.1 Å². The van der Waals surface area contributed by atoms with Gasteiger partial charge in [-0.15, -0.1) is 0 Å². The van der Waals surface area contributed by atoms with Gasteiger partial charge in [0, 0.05) is 6.54 Å². The van der Waals surface area contributed by atoms with E-state index in [1.165, 1.54) is 4.90 Å². The summed E-state index contributed by atoms with van der Waals surface area (Å²) in [6, 6.07) is 0. The Hall–Kier alpha value is -0.840. The van der Waals surface area contributed by atoms with Crippen LogP contribution in [0.2, 0.25) is 0 Å². The molecule has 82 valence electrons. The lowest BCUT2D eigenvalue weighted by Gasteiger charge is -2.43. The van der Waals surface area contributed by atoms with Crippen LogP contribution in [0.25, 0.3) is 0 Å². The molecule has 0 aromatic heterocycles. The Labute approximate surface area is 83.2 Å². The number of hydrogen-bond acceptors (Lipinski definition) is 3. The number of carbonyl (C=O) groups is 1. The van der Waals surface area contributed by atoms with Gasteiger partial charge in [0.25, 0.3) is 0 Å². The lowest BCUT2D eigenvalue weighted by atomic mass is 9.97. The molecule has 0 radical (unpaired) electrons. The number of amides is 1. The summed E-state index contributed by atoms with van der Waals surface area (Å²) in [4.78, 5) is 12.7. The van der Waals surface area contributed by atoms with Crippen molar-refractivity contribution in [2.45, 2.75) is 32.0 Å². The number of alkyl halides is 1. The molecule has 1 rings (SSSR count). The number of halogens is 1. The van der Waals surface area contributed by atoms with Crippen LogP contribution in [0.15, 0.2) is 0 Å². The van der Waals surface area contributed by atoms with Crippen LogP contribution in [0.4, 0.5) is 9.18 Å². The summed E-state index contributed by atoms with van der Waals surface area (Å²) < 4.78 is 18.4. The van der Waals surface area contributed by atoms with Crippen LogP contribution in [0.3, 0.4) is 0 Å². The van der Waals surface area contributed by atoms with E-state index in [4.69, 9.17) is 10.5 Å². The van der Waals surface area contributed by atoms with Crippen LogP contribution in [-0.2, 0) is 4.74 Å². The standard InChI is InChI=1S/C9H17FN2O2/c1-8(2,3)14-7(13)12-5-9(10,4-11)6-12/h4-6,11H2,1-3H3. The first-order valence-corrected chi connectivity index (χ1v) is 4.63. The minimum Gasteiger partial charge on any atom is -0.444 e. The number of likely N-dealkylation sites (tertiary alicyclic amines) is 1. The molecule has 0 bridgehead atoms. The maximum atomic E-state index is 13.3. The summed E-state index contributed by atoms with van der Waals surface area (Å²) in [6.07, 6.45) is -0.473. The monoisotopic (exact) mass is 204 g/mol. The van der Waals surface area contributed by atoms with Gasteiger partial charge in [-0.05, 0) is 20.8 Å². The van der Waals surface area contributed by atoms with E-state index in [0.717, 1.165) is 0 Å². The fourth-order valence-corrected chi connectivity index (χ4v) is 1.22. The van der Waals surface area contributed by atoms with Crippen molar-refractivity contribution in [2.24, 2.45) is 5.73 Å². The number of carbonyl (C=O) groups excluding carboxylic acids is 1. The molecule has 1 saturated heterocycles. The minimum atomic E-state index is -1.41. The first kappa shape index (κ1) is 11.2. The van der Waals surface area contributed by atoms with Gasteiger partial charge in [-0.3, -0.25) is 0 Å². The summed E-state index contributed by atoms with van der Waals surface area (Å²) in [5, 5.41) is 0. The van der Waals surface area contributed by atoms with Crippen molar-refractivity contribution in [1.82, 2.24) is 4.90 Å². The molecule has 1 aliphatic heterocycles. The Balaban J connectivity index is 2.37. The van der Waals surface area contributed by atoms with Gasteiger partial charge in [-0.25, -0.2) is 9.18 Å². The smallest absolute Gasteiger partial charge is 0.410 e. The van der Waals surface area contributed by atoms with Gasteiger partial charge >= 0.3 is 6.09 Å². The van der Waals surface area contributed by atoms with Crippen LogP contribution in [0.5, 0.6) is 0 Å². The van der Waals surface area contributed by atoms with Gasteiger partial charge in [0.15, 0.2) is 5.67 Å². The minimum absolute atomic E-state index is 0.0401. The Morgan fingerprint density at radius 2 is 2.07 bits per heavy atom. The van der Waals surface area contributed by atoms with Gasteiger partial charge in [-0.2, -0.15) is 0 Å². The normalized spacial score (nSPS) is 20.2. The predicted molar refractivity (Wildman–Crippen MR) is 50.7 cm³/mol. The second kappa shape index (κ2) is 3.38. The second-order valence-corrected chi connectivity index (χ2v) is 4.69. The molecule has 0 unspecified atom stereocenters. The molecule has 0 aromatic carbocycles. The molecule has 0 atom stereocenters. The fraction of sp³-hybridized carbons (Fsp3) is 0.889. The quantitative estimate of drug-likeness (QED) is 0.690. The molecule has 0 aromatic rings. The first-order valence-electron chi connectivity index (χ1n) is 4.63. The Bertz CT molecular complexity index is 231. The lowest BCUT2D eigenvalue weighted by molar-refractivity contribution is -0.0462. The number of nitrogens with two attached hydrogens (primary N) is 1. The van der Waals surface area contributed by atoms with Crippen molar-refractivity contribution >= 4 is 6.09 Å². The van der Waals surface area contributed by atoms with Crippen molar-refractivity contribution in [1.29, 1.82) is 0 Å². The molecule has 0 spiro atoms. The van der Waals surface area contributed by atoms with Gasteiger partial charge in [-0.1, -0.05) is 0 Å². The van der Waals surface area contributed by atoms with E-state index in [1.807, 2.05) is 0 Å². The first-order chi connectivity index (χ1) is 6.26. The Kier molecular flexibility index (Phi) is 2.71. The molecule has 0 aliphatic carbocycles. The van der Waals surface area contributed by atoms with Gasteiger partial charge < -0.3 is 15.4 Å². The van der Waals surface area contributed by atoms with Crippen LogP contribution in [0, 0.1) is 0 Å². The largest absolute Gasteiger partial charge is 0.444 e. The van der Waals surface area contributed by atoms with E-state index in [9.17, 15) is 9.18 Å². The fourth-order valence-electron chi connectivity index (χ4n) is 1.22. The van der Waals surface area contributed by atoms with Crippen molar-refractivity contribution < 1.29 is 13.9 Å². The summed E-state index contributed by atoms with van der Waals surface area (Å²) in [5.74, 6) is 0. The molecule has 2 N–H and O–H groups in total. The number of rotatable bonds is 1. The third kappa shape index (κ3) is 2.57. The predicted octanol–water partition coefficient (Wildman–Crippen LogP) is 0.904. The number of ether oxygens (including phenoxy) is 1. The average molecular weight is 204 g/mol. The highest BCUT2D eigenvalue weighted by Crippen LogP contribution is 2.25. The topological polar surface area (TPSA) is 55.6 Å². The third-order valence-electron chi connectivity index (χ3n) is 1.97. The summed E-state index contributed by atoms with van der Waals surface area (Å²) >= 11 is 0. The maximum Gasteiger partial charge on any atom is 0.410 e. The maximum absolute atomic E-state index is 13.3. The molecule has 1 amide bonds. The van der Waals surface area contributed by atoms with Crippen LogP contribution in [0.1, 0.15) is 20.8 Å². The highest BCUT2D eigenvalue weighted by atomic mass is 19.1. The average Bonchev–Trinajstić information content (AvgIpc) is 1.95. The van der Waals surface area contributed by atoms with Gasteiger partial charge in [0.2, 0.25) is 0 Å². The zero-order valence-electron chi connectivity index (χ0n) is 8.84. The van der Waals surface area contributed by atoms with Crippen molar-refractivity contribution in [3.63, 3.8) is 0 Å². The zero-order valence-corrected chi connectivity index (χ0v) is 8.84. The molecule has 1 heterocycles. The summed E-state index contributed by atoms with van der Waals surface area (Å²) in [5.41, 5.74) is 3.26. The van der Waals surface area contributed by atoms with Crippen molar-refractivity contribution in [3.05, 3.63) is 0 Å². The Morgan fingerprint density at radius 3 is 2.43 bits per heavy atom. The molecular formula is C9H17FN2O2. The number of hydrogen-bond donors (Lipinski definition) is 1. The van der Waals surface area contributed by atoms with E-state index in [-0.39, 0.29) is 19.6 Å². The molecule has 4 nitrogen and oxygen atoms in total. The highest BCUT2D eigenvalue weighted by molar-refractivity contribution is 5.69. The lowest BCUT2D eigenvalue weighted by Crippen LogP contribution is -2.64. The Morgan fingerprint density at radius 1 is 1.57 bits per heavy atom. The second-order valence-electron chi connectivity index (χ2n) is 4.69. The SMILES string of the molecule is CC(C)(C)OC(=O)N1CC(F)(CN)C1. The van der Waals surface area contributed by atoms with Crippen LogP contribution in [-0.4, -0.2) is 41.9 Å². The molecule has 0 saturated carbocycles. The summed E-state index contributed by atoms with van der Waals surface area (Å²) in [7, 11) is 0. The molecule has 14 heavy (non-hydrogen) atoms. The van der Waals surface area contributed by atoms with E-state index < -0.39 is 17.4 Å². The van der Waals surface area contributed by atoms with Crippen LogP contribution >= 0.6 is 0 Å². The zero-order chi connectivity index (χ0) is 11.0. The number of nitrogens with zero attached hydrogens (tertiary/aromatic N) is 1. The molecule has 1 aliphatic rings. The van der Waals surface area contributed by atoms with E-state index >= 15 is 0 Å². The van der Waals surface area contributed by atoms with E-state index in [0.29, 0.717) is 0 Å². The highest BCUT2D eigenvalue weighted by Gasteiger charge is 2.46. The van der Waals surface area contributed by atoms with Gasteiger partial charge in [0.1, 0.15) is 5.60 Å². The van der Waals surface area contributed by atoms with E-state index in [1.54, 1.807) is 20.8 Å². The molecule has 1 fully saturated rings. The summed E-state index contributed by atoms with van der Waals surface area (Å²) in [6.45, 7) is 5.35. The molecule has 5 heteroatoms.